The molecule has 6 heteroatoms. The van der Waals surface area contributed by atoms with E-state index in [1.165, 1.54) is 0 Å². The van der Waals surface area contributed by atoms with E-state index in [0.717, 1.165) is 29.2 Å². The zero-order valence-corrected chi connectivity index (χ0v) is 14.4. The van der Waals surface area contributed by atoms with Crippen LogP contribution in [0.15, 0.2) is 17.5 Å². The summed E-state index contributed by atoms with van der Waals surface area (Å²) in [5.41, 5.74) is 1.89. The van der Waals surface area contributed by atoms with Gasteiger partial charge in [0.1, 0.15) is 12.4 Å². The Morgan fingerprint density at radius 3 is 2.76 bits per heavy atom. The zero-order chi connectivity index (χ0) is 15.2. The first kappa shape index (κ1) is 16.6. The highest BCUT2D eigenvalue weighted by atomic mass is 35.5. The van der Waals surface area contributed by atoms with Gasteiger partial charge in [-0.05, 0) is 25.1 Å². The minimum atomic E-state index is 0.414. The van der Waals surface area contributed by atoms with Crippen molar-refractivity contribution in [2.75, 3.05) is 6.54 Å². The van der Waals surface area contributed by atoms with Gasteiger partial charge in [-0.15, -0.1) is 11.3 Å². The molecule has 0 amide bonds. The first-order chi connectivity index (χ1) is 10.1. The number of nitrogens with zero attached hydrogens (tertiary/aromatic N) is 1. The molecule has 3 nitrogen and oxygen atoms in total. The van der Waals surface area contributed by atoms with E-state index in [0.29, 0.717) is 28.9 Å². The summed E-state index contributed by atoms with van der Waals surface area (Å²) < 4.78 is 5.88. The van der Waals surface area contributed by atoms with Crippen LogP contribution in [0.3, 0.4) is 0 Å². The number of thiazole rings is 1. The Hall–Kier alpha value is -0.810. The number of rotatable bonds is 7. The SMILES string of the molecule is CCNCc1cc(Cl)cc(Cl)c1OCc1csc(CC)n1. The maximum Gasteiger partial charge on any atom is 0.143 e. The fourth-order valence-corrected chi connectivity index (χ4v) is 3.21. The van der Waals surface area contributed by atoms with Crippen LogP contribution in [0, 0.1) is 0 Å². The lowest BCUT2D eigenvalue weighted by molar-refractivity contribution is 0.298. The van der Waals surface area contributed by atoms with Crippen LogP contribution in [-0.4, -0.2) is 11.5 Å². The average Bonchev–Trinajstić information content (AvgIpc) is 2.91. The third kappa shape index (κ3) is 4.58. The van der Waals surface area contributed by atoms with Gasteiger partial charge < -0.3 is 10.1 Å². The number of hydrogen-bond acceptors (Lipinski definition) is 4. The van der Waals surface area contributed by atoms with Crippen molar-refractivity contribution >= 4 is 34.5 Å². The van der Waals surface area contributed by atoms with E-state index in [1.54, 1.807) is 17.4 Å². The van der Waals surface area contributed by atoms with Crippen molar-refractivity contribution in [3.05, 3.63) is 43.8 Å². The second kappa shape index (κ2) is 7.99. The monoisotopic (exact) mass is 344 g/mol. The topological polar surface area (TPSA) is 34.1 Å². The van der Waals surface area contributed by atoms with E-state index < -0.39 is 0 Å². The quantitative estimate of drug-likeness (QED) is 0.790. The van der Waals surface area contributed by atoms with Crippen molar-refractivity contribution < 1.29 is 4.74 Å². The minimum absolute atomic E-state index is 0.414. The first-order valence-corrected chi connectivity index (χ1v) is 8.52. The summed E-state index contributed by atoms with van der Waals surface area (Å²) in [6, 6.07) is 3.58. The predicted octanol–water partition coefficient (Wildman–Crippen LogP) is 4.70. The summed E-state index contributed by atoms with van der Waals surface area (Å²) in [5.74, 6) is 0.674. The number of hydrogen-bond donors (Lipinski definition) is 1. The molecule has 0 atom stereocenters. The highest BCUT2D eigenvalue weighted by molar-refractivity contribution is 7.09. The van der Waals surface area contributed by atoms with E-state index in [4.69, 9.17) is 27.9 Å². The lowest BCUT2D eigenvalue weighted by Crippen LogP contribution is -2.13. The van der Waals surface area contributed by atoms with Crippen molar-refractivity contribution in [3.8, 4) is 5.75 Å². The normalized spacial score (nSPS) is 10.9. The van der Waals surface area contributed by atoms with Gasteiger partial charge in [0.15, 0.2) is 0 Å². The Morgan fingerprint density at radius 1 is 1.29 bits per heavy atom. The van der Waals surface area contributed by atoms with Crippen LogP contribution in [0.2, 0.25) is 10.0 Å². The molecule has 2 aromatic rings. The van der Waals surface area contributed by atoms with Crippen LogP contribution in [-0.2, 0) is 19.6 Å². The Morgan fingerprint density at radius 2 is 2.10 bits per heavy atom. The molecule has 1 aromatic carbocycles. The third-order valence-corrected chi connectivity index (χ3v) is 4.46. The molecule has 0 radical (unpaired) electrons. The fourth-order valence-electron chi connectivity index (χ4n) is 1.89. The molecular formula is C15H18Cl2N2OS. The van der Waals surface area contributed by atoms with Gasteiger partial charge in [-0.3, -0.25) is 0 Å². The molecule has 21 heavy (non-hydrogen) atoms. The standard InChI is InChI=1S/C15H18Cl2N2OS/c1-3-14-19-12(9-21-14)8-20-15-10(7-18-4-2)5-11(16)6-13(15)17/h5-6,9,18H,3-4,7-8H2,1-2H3. The van der Waals surface area contributed by atoms with Gasteiger partial charge in [-0.2, -0.15) is 0 Å². The van der Waals surface area contributed by atoms with E-state index in [1.807, 2.05) is 18.4 Å². The maximum absolute atomic E-state index is 6.26. The Balaban J connectivity index is 2.13. The number of halogens is 2. The van der Waals surface area contributed by atoms with Crippen LogP contribution in [0.5, 0.6) is 5.75 Å². The van der Waals surface area contributed by atoms with Crippen molar-refractivity contribution in [1.29, 1.82) is 0 Å². The summed E-state index contributed by atoms with van der Waals surface area (Å²) >= 11 is 14.0. The van der Waals surface area contributed by atoms with Gasteiger partial charge in [-0.1, -0.05) is 37.0 Å². The van der Waals surface area contributed by atoms with Gasteiger partial charge in [0.05, 0.1) is 15.7 Å². The molecule has 1 N–H and O–H groups in total. The van der Waals surface area contributed by atoms with Gasteiger partial charge >= 0.3 is 0 Å². The molecule has 2 rings (SSSR count). The fraction of sp³-hybridized carbons (Fsp3) is 0.400. The van der Waals surface area contributed by atoms with Crippen LogP contribution < -0.4 is 10.1 Å². The molecule has 0 fully saturated rings. The molecular weight excluding hydrogens is 327 g/mol. The average molecular weight is 345 g/mol. The first-order valence-electron chi connectivity index (χ1n) is 6.88. The smallest absolute Gasteiger partial charge is 0.143 e. The molecule has 0 aliphatic heterocycles. The summed E-state index contributed by atoms with van der Waals surface area (Å²) in [6.45, 7) is 6.10. The van der Waals surface area contributed by atoms with Gasteiger partial charge in [0.25, 0.3) is 0 Å². The summed E-state index contributed by atoms with van der Waals surface area (Å²) in [6.07, 6.45) is 0.942. The maximum atomic E-state index is 6.26. The number of aryl methyl sites for hydroxylation is 1. The Labute approximate surface area is 139 Å². The number of nitrogens with one attached hydrogen (secondary N) is 1. The van der Waals surface area contributed by atoms with Gasteiger partial charge in [-0.25, -0.2) is 4.98 Å². The lowest BCUT2D eigenvalue weighted by atomic mass is 10.2. The molecule has 0 aliphatic rings. The second-order valence-electron chi connectivity index (χ2n) is 4.53. The molecule has 0 bridgehead atoms. The predicted molar refractivity (Wildman–Crippen MR) is 89.7 cm³/mol. The van der Waals surface area contributed by atoms with Crippen molar-refractivity contribution in [2.24, 2.45) is 0 Å². The van der Waals surface area contributed by atoms with Crippen LogP contribution >= 0.6 is 34.5 Å². The molecule has 0 unspecified atom stereocenters. The third-order valence-electron chi connectivity index (χ3n) is 2.92. The second-order valence-corrected chi connectivity index (χ2v) is 6.32. The van der Waals surface area contributed by atoms with E-state index in [9.17, 15) is 0 Å². The van der Waals surface area contributed by atoms with Crippen molar-refractivity contribution in [2.45, 2.75) is 33.4 Å². The summed E-state index contributed by atoms with van der Waals surface area (Å²) in [5, 5.41) is 7.54. The molecule has 0 saturated heterocycles. The molecule has 1 heterocycles. The summed E-state index contributed by atoms with van der Waals surface area (Å²) in [7, 11) is 0. The molecule has 0 saturated carbocycles. The summed E-state index contributed by atoms with van der Waals surface area (Å²) in [4.78, 5) is 4.49. The highest BCUT2D eigenvalue weighted by Gasteiger charge is 2.11. The largest absolute Gasteiger partial charge is 0.485 e. The van der Waals surface area contributed by atoms with E-state index >= 15 is 0 Å². The molecule has 114 valence electrons. The van der Waals surface area contributed by atoms with Crippen LogP contribution in [0.25, 0.3) is 0 Å². The van der Waals surface area contributed by atoms with Crippen molar-refractivity contribution in [3.63, 3.8) is 0 Å². The highest BCUT2D eigenvalue weighted by Crippen LogP contribution is 2.33. The van der Waals surface area contributed by atoms with Crippen molar-refractivity contribution in [1.82, 2.24) is 10.3 Å². The number of ether oxygens (including phenoxy) is 1. The number of aromatic nitrogens is 1. The van der Waals surface area contributed by atoms with E-state index in [2.05, 4.69) is 17.2 Å². The Bertz CT molecular complexity index is 601. The number of benzene rings is 1. The molecule has 0 aliphatic carbocycles. The minimum Gasteiger partial charge on any atom is -0.485 e. The molecule has 0 spiro atoms. The van der Waals surface area contributed by atoms with Gasteiger partial charge in [0, 0.05) is 22.5 Å². The van der Waals surface area contributed by atoms with Gasteiger partial charge in [0.2, 0.25) is 0 Å². The van der Waals surface area contributed by atoms with E-state index in [-0.39, 0.29) is 0 Å². The zero-order valence-electron chi connectivity index (χ0n) is 12.1. The van der Waals surface area contributed by atoms with Crippen LogP contribution in [0.1, 0.15) is 30.1 Å². The lowest BCUT2D eigenvalue weighted by Gasteiger charge is -2.13. The Kier molecular flexibility index (Phi) is 6.30. The van der Waals surface area contributed by atoms with Crippen LogP contribution in [0.4, 0.5) is 0 Å². The molecule has 1 aromatic heterocycles.